The van der Waals surface area contributed by atoms with Crippen molar-refractivity contribution in [2.75, 3.05) is 6.61 Å². The van der Waals surface area contributed by atoms with Crippen molar-refractivity contribution in [2.45, 2.75) is 6.92 Å². The monoisotopic (exact) mass is 244 g/mol. The summed E-state index contributed by atoms with van der Waals surface area (Å²) in [5.41, 5.74) is 0.128. The highest BCUT2D eigenvalue weighted by Gasteiger charge is 2.15. The van der Waals surface area contributed by atoms with E-state index < -0.39 is 10.8 Å². The topological polar surface area (TPSA) is 72.7 Å². The number of hydrogen-bond donors (Lipinski definition) is 0. The van der Waals surface area contributed by atoms with Crippen LogP contribution in [0.3, 0.4) is 0 Å². The Labute approximate surface area is 96.6 Å². The first-order valence-corrected chi connectivity index (χ1v) is 4.77. The van der Waals surface area contributed by atoms with Gasteiger partial charge in [-0.2, -0.15) is 0 Å². The third-order valence-corrected chi connectivity index (χ3v) is 1.98. The molecule has 0 spiro atoms. The number of nitro benzene ring substituents is 1. The number of benzene rings is 1. The molecule has 0 fully saturated rings. The number of amides is 1. The summed E-state index contributed by atoms with van der Waals surface area (Å²) in [4.78, 5) is 26.1. The Kier molecular flexibility index (Phi) is 4.21. The van der Waals surface area contributed by atoms with E-state index in [4.69, 9.17) is 16.6 Å². The third kappa shape index (κ3) is 2.91. The highest BCUT2D eigenvalue weighted by Crippen LogP contribution is 2.14. The molecule has 0 aromatic heterocycles. The zero-order chi connectivity index (χ0) is 12.1. The van der Waals surface area contributed by atoms with E-state index in [9.17, 15) is 14.9 Å². The molecule has 0 N–H and O–H groups in total. The summed E-state index contributed by atoms with van der Waals surface area (Å²) < 4.78 is 0.571. The molecule has 0 saturated carbocycles. The summed E-state index contributed by atoms with van der Waals surface area (Å²) in [7, 11) is 0. The smallest absolute Gasteiger partial charge is 0.265 e. The van der Waals surface area contributed by atoms with Gasteiger partial charge < -0.3 is 0 Å². The molecule has 0 aliphatic carbocycles. The Morgan fingerprint density at radius 2 is 2.06 bits per heavy atom. The van der Waals surface area contributed by atoms with E-state index in [2.05, 4.69) is 0 Å². The molecule has 0 atom stereocenters. The lowest BCUT2D eigenvalue weighted by Crippen LogP contribution is -2.21. The molecule has 1 aromatic carbocycles. The average Bonchev–Trinajstić information content (AvgIpc) is 2.28. The number of rotatable bonds is 4. The molecule has 0 bridgehead atoms. The zero-order valence-electron chi connectivity index (χ0n) is 8.42. The largest absolute Gasteiger partial charge is 0.292 e. The van der Waals surface area contributed by atoms with Crippen LogP contribution in [0.15, 0.2) is 24.3 Å². The Morgan fingerprint density at radius 3 is 2.50 bits per heavy atom. The number of hydroxylamine groups is 1. The summed E-state index contributed by atoms with van der Waals surface area (Å²) in [6.07, 6.45) is 0. The summed E-state index contributed by atoms with van der Waals surface area (Å²) in [6.45, 7) is 1.93. The lowest BCUT2D eigenvalue weighted by Gasteiger charge is -2.11. The van der Waals surface area contributed by atoms with Gasteiger partial charge in [-0.05, 0) is 19.1 Å². The quantitative estimate of drug-likeness (QED) is 0.462. The zero-order valence-corrected chi connectivity index (χ0v) is 9.18. The first-order chi connectivity index (χ1) is 7.56. The molecule has 0 unspecified atom stereocenters. The SMILES string of the molecule is CCON(Cl)C(=O)c1ccc([N+](=O)[O-])cc1. The van der Waals surface area contributed by atoms with Gasteiger partial charge in [0.2, 0.25) is 0 Å². The number of nitro groups is 1. The van der Waals surface area contributed by atoms with Crippen LogP contribution in [-0.2, 0) is 4.84 Å². The van der Waals surface area contributed by atoms with E-state index in [1.807, 2.05) is 0 Å². The van der Waals surface area contributed by atoms with Crippen molar-refractivity contribution in [1.29, 1.82) is 0 Å². The fourth-order valence-electron chi connectivity index (χ4n) is 0.999. The molecule has 7 heteroatoms. The third-order valence-electron chi connectivity index (χ3n) is 1.73. The van der Waals surface area contributed by atoms with Crippen molar-refractivity contribution < 1.29 is 14.6 Å². The molecular formula is C9H9ClN2O4. The lowest BCUT2D eigenvalue weighted by molar-refractivity contribution is -0.384. The van der Waals surface area contributed by atoms with Crippen LogP contribution >= 0.6 is 11.8 Å². The van der Waals surface area contributed by atoms with Gasteiger partial charge in [-0.25, -0.2) is 0 Å². The van der Waals surface area contributed by atoms with Crippen molar-refractivity contribution in [2.24, 2.45) is 0 Å². The normalized spacial score (nSPS) is 9.88. The van der Waals surface area contributed by atoms with E-state index in [1.54, 1.807) is 6.92 Å². The van der Waals surface area contributed by atoms with Crippen LogP contribution in [0.1, 0.15) is 17.3 Å². The fraction of sp³-hybridized carbons (Fsp3) is 0.222. The average molecular weight is 245 g/mol. The van der Waals surface area contributed by atoms with Gasteiger partial charge in [0.1, 0.15) is 0 Å². The first kappa shape index (κ1) is 12.4. The molecule has 86 valence electrons. The van der Waals surface area contributed by atoms with Gasteiger partial charge in [0.15, 0.2) is 0 Å². The maximum absolute atomic E-state index is 11.5. The minimum atomic E-state index is -0.571. The van der Waals surface area contributed by atoms with Crippen LogP contribution in [0.2, 0.25) is 0 Å². The molecular weight excluding hydrogens is 236 g/mol. The number of halogens is 1. The molecule has 0 aliphatic heterocycles. The second-order valence-electron chi connectivity index (χ2n) is 2.77. The number of carbonyl (C=O) groups is 1. The van der Waals surface area contributed by atoms with Gasteiger partial charge in [0.05, 0.1) is 11.5 Å². The van der Waals surface area contributed by atoms with Crippen LogP contribution in [-0.4, -0.2) is 22.0 Å². The van der Waals surface area contributed by atoms with Crippen LogP contribution in [0.4, 0.5) is 5.69 Å². The van der Waals surface area contributed by atoms with Gasteiger partial charge >= 0.3 is 0 Å². The van der Waals surface area contributed by atoms with Crippen LogP contribution in [0.5, 0.6) is 0 Å². The van der Waals surface area contributed by atoms with E-state index >= 15 is 0 Å². The van der Waals surface area contributed by atoms with Gasteiger partial charge in [-0.1, -0.05) is 0 Å². The Bertz CT molecular complexity index is 393. The summed E-state index contributed by atoms with van der Waals surface area (Å²) in [5, 5.41) is 10.4. The van der Waals surface area contributed by atoms with Gasteiger partial charge in [-0.15, -0.1) is 4.58 Å². The number of non-ortho nitro benzene ring substituents is 1. The number of nitrogens with zero attached hydrogens (tertiary/aromatic N) is 2. The minimum absolute atomic E-state index is 0.0888. The van der Waals surface area contributed by atoms with Crippen LogP contribution in [0.25, 0.3) is 0 Å². The molecule has 0 heterocycles. The molecule has 1 rings (SSSR count). The molecule has 6 nitrogen and oxygen atoms in total. The maximum atomic E-state index is 11.5. The first-order valence-electron chi connectivity index (χ1n) is 4.44. The number of carbonyl (C=O) groups excluding carboxylic acids is 1. The summed E-state index contributed by atoms with van der Waals surface area (Å²) >= 11 is 5.50. The maximum Gasteiger partial charge on any atom is 0.292 e. The van der Waals surface area contributed by atoms with Crippen molar-refractivity contribution in [3.63, 3.8) is 0 Å². The van der Waals surface area contributed by atoms with Crippen LogP contribution in [0, 0.1) is 10.1 Å². The highest BCUT2D eigenvalue weighted by molar-refractivity contribution is 6.23. The van der Waals surface area contributed by atoms with Gasteiger partial charge in [0.25, 0.3) is 11.6 Å². The van der Waals surface area contributed by atoms with Crippen molar-refractivity contribution in [3.8, 4) is 0 Å². The molecule has 0 aliphatic rings. The molecule has 1 amide bonds. The van der Waals surface area contributed by atoms with E-state index in [-0.39, 0.29) is 17.9 Å². The molecule has 0 saturated heterocycles. The highest BCUT2D eigenvalue weighted by atomic mass is 35.5. The van der Waals surface area contributed by atoms with Gasteiger partial charge in [-0.3, -0.25) is 19.7 Å². The molecule has 0 radical (unpaired) electrons. The molecule has 1 aromatic rings. The van der Waals surface area contributed by atoms with E-state index in [0.29, 0.717) is 4.58 Å². The van der Waals surface area contributed by atoms with E-state index in [0.717, 1.165) is 0 Å². The van der Waals surface area contributed by atoms with Crippen molar-refractivity contribution >= 4 is 23.4 Å². The standard InChI is InChI=1S/C9H9ClN2O4/c1-2-16-11(10)9(13)7-3-5-8(6-4-7)12(14)15/h3-6H,2H2,1H3. The predicted octanol–water partition coefficient (Wildman–Crippen LogP) is 2.14. The van der Waals surface area contributed by atoms with Crippen molar-refractivity contribution in [1.82, 2.24) is 4.58 Å². The number of hydrogen-bond acceptors (Lipinski definition) is 4. The summed E-state index contributed by atoms with van der Waals surface area (Å²) in [5.74, 6) is -0.571. The van der Waals surface area contributed by atoms with Crippen molar-refractivity contribution in [3.05, 3.63) is 39.9 Å². The predicted molar refractivity (Wildman–Crippen MR) is 56.7 cm³/mol. The van der Waals surface area contributed by atoms with Gasteiger partial charge in [0, 0.05) is 29.5 Å². The Morgan fingerprint density at radius 1 is 1.50 bits per heavy atom. The van der Waals surface area contributed by atoms with E-state index in [1.165, 1.54) is 24.3 Å². The molecule has 16 heavy (non-hydrogen) atoms. The summed E-state index contributed by atoms with van der Waals surface area (Å²) in [6, 6.07) is 5.08. The fourth-order valence-corrected chi connectivity index (χ4v) is 1.19. The lowest BCUT2D eigenvalue weighted by atomic mass is 10.2. The Hall–Kier alpha value is -1.66. The minimum Gasteiger partial charge on any atom is -0.265 e. The second-order valence-corrected chi connectivity index (χ2v) is 3.08. The van der Waals surface area contributed by atoms with Crippen LogP contribution < -0.4 is 0 Å². The second kappa shape index (κ2) is 5.43. The Balaban J connectivity index is 2.81.